The van der Waals surface area contributed by atoms with Crippen LogP contribution in [0.2, 0.25) is 0 Å². The van der Waals surface area contributed by atoms with E-state index in [2.05, 4.69) is 33.4 Å². The average Bonchev–Trinajstić information content (AvgIpc) is 2.72. The Hall–Kier alpha value is -2.79. The molecule has 0 aliphatic rings. The van der Waals surface area contributed by atoms with Crippen molar-refractivity contribution in [2.75, 3.05) is 19.0 Å². The topological polar surface area (TPSA) is 47.6 Å². The van der Waals surface area contributed by atoms with E-state index in [1.54, 1.807) is 19.2 Å². The molecule has 0 radical (unpaired) electrons. The highest BCUT2D eigenvalue weighted by molar-refractivity contribution is 9.10. The molecule has 0 saturated heterocycles. The lowest BCUT2D eigenvalue weighted by Crippen LogP contribution is -2.13. The van der Waals surface area contributed by atoms with Gasteiger partial charge < -0.3 is 14.8 Å². The van der Waals surface area contributed by atoms with Gasteiger partial charge in [0, 0.05) is 16.2 Å². The molecule has 3 aromatic carbocycles. The molecule has 1 amide bonds. The maximum absolute atomic E-state index is 12.6. The number of anilines is 1. The van der Waals surface area contributed by atoms with Crippen LogP contribution in [0.15, 0.2) is 77.3 Å². The van der Waals surface area contributed by atoms with E-state index in [1.807, 2.05) is 48.5 Å². The largest absolute Gasteiger partial charge is 0.496 e. The van der Waals surface area contributed by atoms with Crippen molar-refractivity contribution in [3.8, 4) is 11.5 Å². The van der Waals surface area contributed by atoms with E-state index in [0.29, 0.717) is 23.6 Å². The van der Waals surface area contributed by atoms with Gasteiger partial charge in [-0.25, -0.2) is 0 Å². The summed E-state index contributed by atoms with van der Waals surface area (Å²) in [6.45, 7) is 0.617. The second-order valence-corrected chi connectivity index (χ2v) is 7.18. The van der Waals surface area contributed by atoms with Gasteiger partial charge in [-0.2, -0.15) is 0 Å². The number of carbonyl (C=O) groups is 1. The number of hydrogen-bond acceptors (Lipinski definition) is 3. The van der Waals surface area contributed by atoms with Gasteiger partial charge in [0.05, 0.1) is 19.3 Å². The number of carbonyl (C=O) groups excluding carboxylic acids is 1. The molecule has 3 rings (SSSR count). The van der Waals surface area contributed by atoms with Gasteiger partial charge in [-0.15, -0.1) is 0 Å². The molecule has 0 saturated carbocycles. The lowest BCUT2D eigenvalue weighted by molar-refractivity contribution is 0.102. The van der Waals surface area contributed by atoms with Crippen LogP contribution in [0, 0.1) is 0 Å². The van der Waals surface area contributed by atoms with Crippen molar-refractivity contribution in [1.82, 2.24) is 0 Å². The Balaban J connectivity index is 1.57. The Morgan fingerprint density at radius 2 is 1.82 bits per heavy atom. The predicted molar refractivity (Wildman–Crippen MR) is 115 cm³/mol. The molecule has 144 valence electrons. The normalized spacial score (nSPS) is 10.4. The summed E-state index contributed by atoms with van der Waals surface area (Å²) >= 11 is 3.39. The first-order valence-electron chi connectivity index (χ1n) is 9.07. The van der Waals surface area contributed by atoms with Crippen molar-refractivity contribution < 1.29 is 14.3 Å². The minimum atomic E-state index is -0.237. The molecule has 0 aliphatic heterocycles. The molecule has 0 aliphatic carbocycles. The van der Waals surface area contributed by atoms with Crippen molar-refractivity contribution in [3.63, 3.8) is 0 Å². The predicted octanol–water partition coefficient (Wildman–Crippen LogP) is 5.72. The Labute approximate surface area is 173 Å². The van der Waals surface area contributed by atoms with Crippen LogP contribution in [0.5, 0.6) is 11.5 Å². The zero-order valence-electron chi connectivity index (χ0n) is 15.7. The number of aryl methyl sites for hydroxylation is 1. The fraction of sp³-hybridized carbons (Fsp3) is 0.174. The number of nitrogens with one attached hydrogen (secondary N) is 1. The fourth-order valence-electron chi connectivity index (χ4n) is 2.83. The van der Waals surface area contributed by atoms with Gasteiger partial charge in [-0.05, 0) is 48.7 Å². The Kier molecular flexibility index (Phi) is 7.09. The summed E-state index contributed by atoms with van der Waals surface area (Å²) in [6.07, 6.45) is 1.90. The van der Waals surface area contributed by atoms with Gasteiger partial charge in [0.2, 0.25) is 0 Å². The third-order valence-electron chi connectivity index (χ3n) is 4.22. The first-order valence-corrected chi connectivity index (χ1v) is 9.86. The van der Waals surface area contributed by atoms with E-state index in [-0.39, 0.29) is 5.91 Å². The average molecular weight is 440 g/mol. The molecule has 0 aromatic heterocycles. The van der Waals surface area contributed by atoms with Crippen LogP contribution in [0.3, 0.4) is 0 Å². The van der Waals surface area contributed by atoms with Crippen molar-refractivity contribution in [1.29, 1.82) is 0 Å². The molecule has 4 nitrogen and oxygen atoms in total. The fourth-order valence-corrected chi connectivity index (χ4v) is 3.19. The van der Waals surface area contributed by atoms with Gasteiger partial charge in [0.15, 0.2) is 0 Å². The summed E-state index contributed by atoms with van der Waals surface area (Å²) in [4.78, 5) is 12.6. The smallest absolute Gasteiger partial charge is 0.259 e. The molecule has 0 heterocycles. The van der Waals surface area contributed by atoms with Crippen LogP contribution >= 0.6 is 15.9 Å². The standard InChI is InChI=1S/C23H22BrNO3/c1-27-22-13-12-18(24)15-21(22)23(26)25-19-10-5-11-20(16-19)28-14-6-9-17-7-3-2-4-8-17/h2-5,7-8,10-13,15-16H,6,9,14H2,1H3,(H,25,26). The SMILES string of the molecule is COc1ccc(Br)cc1C(=O)Nc1cccc(OCCCc2ccccc2)c1. The van der Waals surface area contributed by atoms with Crippen molar-refractivity contribution in [2.24, 2.45) is 0 Å². The summed E-state index contributed by atoms with van der Waals surface area (Å²) in [5.74, 6) is 1.01. The minimum Gasteiger partial charge on any atom is -0.496 e. The first kappa shape index (κ1) is 20.0. The monoisotopic (exact) mass is 439 g/mol. The number of ether oxygens (including phenoxy) is 2. The molecular weight excluding hydrogens is 418 g/mol. The summed E-state index contributed by atoms with van der Waals surface area (Å²) in [6, 6.07) is 23.1. The van der Waals surface area contributed by atoms with Crippen LogP contribution in [0.25, 0.3) is 0 Å². The lowest BCUT2D eigenvalue weighted by Gasteiger charge is -2.11. The molecule has 0 unspecified atom stereocenters. The highest BCUT2D eigenvalue weighted by atomic mass is 79.9. The van der Waals surface area contributed by atoms with Crippen LogP contribution in [0.1, 0.15) is 22.3 Å². The van der Waals surface area contributed by atoms with Crippen LogP contribution in [-0.2, 0) is 6.42 Å². The minimum absolute atomic E-state index is 0.237. The molecule has 0 bridgehead atoms. The zero-order valence-corrected chi connectivity index (χ0v) is 17.2. The molecular formula is C23H22BrNO3. The van der Waals surface area contributed by atoms with Crippen molar-refractivity contribution in [3.05, 3.63) is 88.4 Å². The van der Waals surface area contributed by atoms with Gasteiger partial charge in [-0.1, -0.05) is 52.3 Å². The third-order valence-corrected chi connectivity index (χ3v) is 4.71. The molecule has 3 aromatic rings. The van der Waals surface area contributed by atoms with E-state index in [9.17, 15) is 4.79 Å². The van der Waals surface area contributed by atoms with Crippen molar-refractivity contribution in [2.45, 2.75) is 12.8 Å². The molecule has 0 spiro atoms. The molecule has 28 heavy (non-hydrogen) atoms. The summed E-state index contributed by atoms with van der Waals surface area (Å²) in [7, 11) is 1.55. The van der Waals surface area contributed by atoms with E-state index in [0.717, 1.165) is 23.1 Å². The zero-order chi connectivity index (χ0) is 19.8. The molecule has 5 heteroatoms. The van der Waals surface area contributed by atoms with E-state index < -0.39 is 0 Å². The summed E-state index contributed by atoms with van der Waals surface area (Å²) in [5, 5.41) is 2.90. The van der Waals surface area contributed by atoms with E-state index >= 15 is 0 Å². The second kappa shape index (κ2) is 9.95. The quantitative estimate of drug-likeness (QED) is 0.456. The number of amides is 1. The number of methoxy groups -OCH3 is 1. The number of rotatable bonds is 8. The highest BCUT2D eigenvalue weighted by Gasteiger charge is 2.13. The first-order chi connectivity index (χ1) is 13.7. The highest BCUT2D eigenvalue weighted by Crippen LogP contribution is 2.25. The maximum Gasteiger partial charge on any atom is 0.259 e. The van der Waals surface area contributed by atoms with E-state index in [4.69, 9.17) is 9.47 Å². The van der Waals surface area contributed by atoms with Gasteiger partial charge in [0.1, 0.15) is 11.5 Å². The molecule has 0 atom stereocenters. The van der Waals surface area contributed by atoms with Crippen molar-refractivity contribution >= 4 is 27.5 Å². The van der Waals surface area contributed by atoms with E-state index in [1.165, 1.54) is 5.56 Å². The van der Waals surface area contributed by atoms with Crippen LogP contribution in [0.4, 0.5) is 5.69 Å². The summed E-state index contributed by atoms with van der Waals surface area (Å²) < 4.78 is 11.9. The number of halogens is 1. The third kappa shape index (κ3) is 5.60. The Morgan fingerprint density at radius 3 is 2.61 bits per heavy atom. The van der Waals surface area contributed by atoms with Crippen LogP contribution in [-0.4, -0.2) is 19.6 Å². The Bertz CT molecular complexity index is 928. The lowest BCUT2D eigenvalue weighted by atomic mass is 10.1. The maximum atomic E-state index is 12.6. The van der Waals surface area contributed by atoms with Gasteiger partial charge in [0.25, 0.3) is 5.91 Å². The van der Waals surface area contributed by atoms with Gasteiger partial charge in [-0.3, -0.25) is 4.79 Å². The van der Waals surface area contributed by atoms with Gasteiger partial charge >= 0.3 is 0 Å². The molecule has 0 fully saturated rings. The number of hydrogen-bond donors (Lipinski definition) is 1. The molecule has 1 N–H and O–H groups in total. The van der Waals surface area contributed by atoms with Crippen LogP contribution < -0.4 is 14.8 Å². The number of benzene rings is 3. The second-order valence-electron chi connectivity index (χ2n) is 6.26. The Morgan fingerprint density at radius 1 is 1.00 bits per heavy atom. The summed E-state index contributed by atoms with van der Waals surface area (Å²) in [5.41, 5.74) is 2.44.